The Morgan fingerprint density at radius 1 is 1.22 bits per heavy atom. The third-order valence-electron chi connectivity index (χ3n) is 2.13. The molecule has 2 N–H and O–H groups in total. The number of aromatic nitrogens is 2. The second kappa shape index (κ2) is 5.72. The molecule has 6 nitrogen and oxygen atoms in total. The summed E-state index contributed by atoms with van der Waals surface area (Å²) in [4.78, 5) is 10.6. The highest BCUT2D eigenvalue weighted by molar-refractivity contribution is 5.85. The van der Waals surface area contributed by atoms with Gasteiger partial charge in [-0.15, -0.1) is 5.10 Å². The van der Waals surface area contributed by atoms with Gasteiger partial charge in [0.1, 0.15) is 24.7 Å². The molecular weight excluding hydrogens is 236 g/mol. The number of ether oxygens (including phenoxy) is 2. The molecule has 2 aromatic rings. The van der Waals surface area contributed by atoms with Crippen molar-refractivity contribution in [3.63, 3.8) is 0 Å². The lowest BCUT2D eigenvalue weighted by Gasteiger charge is -2.05. The maximum Gasteiger partial charge on any atom is 0.354 e. The summed E-state index contributed by atoms with van der Waals surface area (Å²) >= 11 is 0. The van der Waals surface area contributed by atoms with Crippen LogP contribution in [0.1, 0.15) is 10.5 Å². The van der Waals surface area contributed by atoms with Gasteiger partial charge < -0.3 is 14.6 Å². The zero-order chi connectivity index (χ0) is 12.8. The number of rotatable bonds is 6. The van der Waals surface area contributed by atoms with Gasteiger partial charge in [0.15, 0.2) is 0 Å². The normalized spacial score (nSPS) is 10.0. The van der Waals surface area contributed by atoms with E-state index in [9.17, 15) is 4.79 Å². The SMILES string of the molecule is O=C(O)c1cc(OCCOc2ccccc2)n[nH]1. The molecule has 18 heavy (non-hydrogen) atoms. The number of hydrogen-bond donors (Lipinski definition) is 2. The van der Waals surface area contributed by atoms with Gasteiger partial charge in [-0.05, 0) is 12.1 Å². The minimum absolute atomic E-state index is 0.00558. The molecule has 1 aromatic carbocycles. The number of para-hydroxylation sites is 1. The van der Waals surface area contributed by atoms with E-state index in [4.69, 9.17) is 14.6 Å². The van der Waals surface area contributed by atoms with Crippen LogP contribution in [-0.4, -0.2) is 34.5 Å². The monoisotopic (exact) mass is 248 g/mol. The second-order valence-corrected chi connectivity index (χ2v) is 3.43. The maximum atomic E-state index is 10.6. The smallest absolute Gasteiger partial charge is 0.354 e. The fourth-order valence-corrected chi connectivity index (χ4v) is 1.31. The summed E-state index contributed by atoms with van der Waals surface area (Å²) in [6.07, 6.45) is 0. The number of aromatic carboxylic acids is 1. The minimum Gasteiger partial charge on any atom is -0.490 e. The van der Waals surface area contributed by atoms with Gasteiger partial charge in [-0.25, -0.2) is 4.79 Å². The van der Waals surface area contributed by atoms with E-state index in [1.165, 1.54) is 6.07 Å². The highest BCUT2D eigenvalue weighted by Gasteiger charge is 2.07. The maximum absolute atomic E-state index is 10.6. The second-order valence-electron chi connectivity index (χ2n) is 3.43. The Balaban J connectivity index is 1.73. The Bertz CT molecular complexity index is 510. The summed E-state index contributed by atoms with van der Waals surface area (Å²) < 4.78 is 10.6. The largest absolute Gasteiger partial charge is 0.490 e. The summed E-state index contributed by atoms with van der Waals surface area (Å²) in [7, 11) is 0. The van der Waals surface area contributed by atoms with Crippen LogP contribution < -0.4 is 9.47 Å². The van der Waals surface area contributed by atoms with Crippen LogP contribution in [0, 0.1) is 0 Å². The summed E-state index contributed by atoms with van der Waals surface area (Å²) in [6.45, 7) is 0.651. The van der Waals surface area contributed by atoms with Gasteiger partial charge in [0.2, 0.25) is 5.88 Å². The Kier molecular flexibility index (Phi) is 3.80. The molecular formula is C12H12N2O4. The predicted octanol–water partition coefficient (Wildman–Crippen LogP) is 1.57. The highest BCUT2D eigenvalue weighted by atomic mass is 16.5. The van der Waals surface area contributed by atoms with Gasteiger partial charge >= 0.3 is 5.97 Å². The zero-order valence-electron chi connectivity index (χ0n) is 9.50. The lowest BCUT2D eigenvalue weighted by atomic mass is 10.3. The number of benzene rings is 1. The molecule has 0 saturated heterocycles. The van der Waals surface area contributed by atoms with E-state index >= 15 is 0 Å². The standard InChI is InChI=1S/C12H12N2O4/c15-12(16)10-8-11(14-13-10)18-7-6-17-9-4-2-1-3-5-9/h1-5,8H,6-7H2,(H,13,14)(H,15,16). The molecule has 0 bridgehead atoms. The lowest BCUT2D eigenvalue weighted by Crippen LogP contribution is -2.09. The molecule has 0 spiro atoms. The van der Waals surface area contributed by atoms with Crippen molar-refractivity contribution in [3.05, 3.63) is 42.1 Å². The van der Waals surface area contributed by atoms with E-state index in [-0.39, 0.29) is 11.6 Å². The van der Waals surface area contributed by atoms with Crippen molar-refractivity contribution in [1.29, 1.82) is 0 Å². The molecule has 0 aliphatic heterocycles. The van der Waals surface area contributed by atoms with Crippen molar-refractivity contribution in [3.8, 4) is 11.6 Å². The lowest BCUT2D eigenvalue weighted by molar-refractivity contribution is 0.0690. The summed E-state index contributed by atoms with van der Waals surface area (Å²) in [5.41, 5.74) is -0.00558. The third kappa shape index (κ3) is 3.24. The quantitative estimate of drug-likeness (QED) is 0.758. The molecule has 0 radical (unpaired) electrons. The van der Waals surface area contributed by atoms with E-state index in [0.29, 0.717) is 13.2 Å². The fourth-order valence-electron chi connectivity index (χ4n) is 1.31. The Labute approximate surface area is 103 Å². The Morgan fingerprint density at radius 2 is 1.94 bits per heavy atom. The van der Waals surface area contributed by atoms with E-state index in [1.54, 1.807) is 0 Å². The van der Waals surface area contributed by atoms with Crippen molar-refractivity contribution in [2.45, 2.75) is 0 Å². The van der Waals surface area contributed by atoms with Gasteiger partial charge in [-0.3, -0.25) is 5.10 Å². The number of aromatic amines is 1. The van der Waals surface area contributed by atoms with Crippen LogP contribution in [0.4, 0.5) is 0 Å². The average Bonchev–Trinajstić information content (AvgIpc) is 2.85. The first-order valence-corrected chi connectivity index (χ1v) is 5.35. The molecule has 0 amide bonds. The molecule has 6 heteroatoms. The molecule has 0 saturated carbocycles. The van der Waals surface area contributed by atoms with E-state index in [1.807, 2.05) is 30.3 Å². The van der Waals surface area contributed by atoms with Crippen LogP contribution >= 0.6 is 0 Å². The van der Waals surface area contributed by atoms with Gasteiger partial charge in [-0.1, -0.05) is 18.2 Å². The fraction of sp³-hybridized carbons (Fsp3) is 0.167. The van der Waals surface area contributed by atoms with Gasteiger partial charge in [-0.2, -0.15) is 0 Å². The molecule has 94 valence electrons. The molecule has 1 heterocycles. The number of nitrogens with zero attached hydrogens (tertiary/aromatic N) is 1. The van der Waals surface area contributed by atoms with Crippen LogP contribution in [0.5, 0.6) is 11.6 Å². The van der Waals surface area contributed by atoms with Crippen LogP contribution in [-0.2, 0) is 0 Å². The first kappa shape index (κ1) is 12.0. The molecule has 0 aliphatic rings. The number of carboxylic acids is 1. The van der Waals surface area contributed by atoms with Gasteiger partial charge in [0.25, 0.3) is 0 Å². The zero-order valence-corrected chi connectivity index (χ0v) is 9.50. The van der Waals surface area contributed by atoms with Crippen molar-refractivity contribution in [1.82, 2.24) is 10.2 Å². The van der Waals surface area contributed by atoms with Crippen molar-refractivity contribution in [2.75, 3.05) is 13.2 Å². The molecule has 0 unspecified atom stereocenters. The average molecular weight is 248 g/mol. The van der Waals surface area contributed by atoms with Crippen molar-refractivity contribution >= 4 is 5.97 Å². The number of nitrogens with one attached hydrogen (secondary N) is 1. The molecule has 0 aliphatic carbocycles. The summed E-state index contributed by atoms with van der Waals surface area (Å²) in [5, 5.41) is 14.7. The first-order chi connectivity index (χ1) is 8.75. The molecule has 1 aromatic heterocycles. The highest BCUT2D eigenvalue weighted by Crippen LogP contribution is 2.09. The van der Waals surface area contributed by atoms with E-state index < -0.39 is 5.97 Å². The topological polar surface area (TPSA) is 84.4 Å². The number of carbonyl (C=O) groups is 1. The predicted molar refractivity (Wildman–Crippen MR) is 63.0 cm³/mol. The van der Waals surface area contributed by atoms with Gasteiger partial charge in [0.05, 0.1) is 0 Å². The molecule has 2 rings (SSSR count). The molecule has 0 fully saturated rings. The number of H-pyrrole nitrogens is 1. The number of carboxylic acid groups (broad SMARTS) is 1. The summed E-state index contributed by atoms with van der Waals surface area (Å²) in [5.74, 6) is -0.0729. The van der Waals surface area contributed by atoms with Gasteiger partial charge in [0, 0.05) is 6.07 Å². The van der Waals surface area contributed by atoms with E-state index in [0.717, 1.165) is 5.75 Å². The minimum atomic E-state index is -1.07. The van der Waals surface area contributed by atoms with Crippen molar-refractivity contribution < 1.29 is 19.4 Å². The first-order valence-electron chi connectivity index (χ1n) is 5.35. The third-order valence-corrected chi connectivity index (χ3v) is 2.13. The van der Waals surface area contributed by atoms with Crippen LogP contribution in [0.3, 0.4) is 0 Å². The Morgan fingerprint density at radius 3 is 2.61 bits per heavy atom. The van der Waals surface area contributed by atoms with Crippen LogP contribution in [0.25, 0.3) is 0 Å². The summed E-state index contributed by atoms with van der Waals surface area (Å²) in [6, 6.07) is 10.7. The number of hydrogen-bond acceptors (Lipinski definition) is 4. The Hall–Kier alpha value is -2.50. The van der Waals surface area contributed by atoms with Crippen LogP contribution in [0.15, 0.2) is 36.4 Å². The van der Waals surface area contributed by atoms with Crippen molar-refractivity contribution in [2.24, 2.45) is 0 Å². The molecule has 0 atom stereocenters. The van der Waals surface area contributed by atoms with Crippen LogP contribution in [0.2, 0.25) is 0 Å². The van der Waals surface area contributed by atoms with E-state index in [2.05, 4.69) is 10.2 Å².